The largest absolute Gasteiger partial charge is 0.464 e. The van der Waals surface area contributed by atoms with Crippen molar-refractivity contribution in [2.24, 2.45) is 5.11 Å². The molecule has 0 radical (unpaired) electrons. The van der Waals surface area contributed by atoms with Gasteiger partial charge in [0.2, 0.25) is 0 Å². The summed E-state index contributed by atoms with van der Waals surface area (Å²) in [5, 5.41) is 3.78. The smallest absolute Gasteiger partial charge is 0.192 e. The maximum absolute atomic E-state index is 11.5. The summed E-state index contributed by atoms with van der Waals surface area (Å²) in [6, 6.07) is 6.45. The fourth-order valence-corrected chi connectivity index (χ4v) is 1.37. The summed E-state index contributed by atoms with van der Waals surface area (Å²) >= 11 is 0. The molecule has 0 saturated carbocycles. The second-order valence-corrected chi connectivity index (χ2v) is 3.19. The van der Waals surface area contributed by atoms with Crippen LogP contribution in [0, 0.1) is 11.8 Å². The second kappa shape index (κ2) is 4.88. The molecule has 0 saturated heterocycles. The number of fused-ring (bicyclic) bond motifs is 1. The van der Waals surface area contributed by atoms with Crippen LogP contribution in [-0.4, -0.2) is 6.54 Å². The molecule has 5 nitrogen and oxygen atoms in total. The van der Waals surface area contributed by atoms with E-state index in [1.807, 2.05) is 0 Å². The molecule has 2 aromatic rings. The topological polar surface area (TPSA) is 79.0 Å². The lowest BCUT2D eigenvalue weighted by atomic mass is 10.1. The first kappa shape index (κ1) is 10.8. The van der Waals surface area contributed by atoms with Crippen molar-refractivity contribution in [1.82, 2.24) is 0 Å². The van der Waals surface area contributed by atoms with Crippen molar-refractivity contribution in [1.29, 1.82) is 0 Å². The van der Waals surface area contributed by atoms with E-state index in [0.29, 0.717) is 16.5 Å². The van der Waals surface area contributed by atoms with Crippen molar-refractivity contribution in [3.63, 3.8) is 0 Å². The first-order chi connectivity index (χ1) is 8.31. The van der Waals surface area contributed by atoms with E-state index < -0.39 is 0 Å². The van der Waals surface area contributed by atoms with Gasteiger partial charge in [0.15, 0.2) is 5.43 Å². The van der Waals surface area contributed by atoms with E-state index in [-0.39, 0.29) is 12.0 Å². The molecule has 82 valence electrons. The van der Waals surface area contributed by atoms with Crippen LogP contribution in [0.5, 0.6) is 0 Å². The van der Waals surface area contributed by atoms with Crippen molar-refractivity contribution in [2.75, 3.05) is 6.54 Å². The minimum atomic E-state index is -0.107. The normalized spacial score (nSPS) is 9.18. The van der Waals surface area contributed by atoms with E-state index in [1.54, 1.807) is 18.2 Å². The van der Waals surface area contributed by atoms with Gasteiger partial charge in [0.1, 0.15) is 5.58 Å². The molecule has 0 aliphatic carbocycles. The number of nitrogens with zero attached hydrogens (tertiary/aromatic N) is 3. The molecule has 0 spiro atoms. The summed E-state index contributed by atoms with van der Waals surface area (Å²) in [7, 11) is 0. The molecule has 2 rings (SSSR count). The van der Waals surface area contributed by atoms with Gasteiger partial charge in [-0.05, 0) is 23.7 Å². The van der Waals surface area contributed by atoms with Crippen molar-refractivity contribution in [3.8, 4) is 11.8 Å². The molecule has 0 unspecified atom stereocenters. The standard InChI is InChI=1S/C12H7N3O2/c13-15-14-6-1-2-9-3-4-12-10(8-9)11(16)5-7-17-12/h3-5,7-8H,6H2. The Labute approximate surface area is 96.3 Å². The molecule has 0 bridgehead atoms. The zero-order valence-corrected chi connectivity index (χ0v) is 8.75. The van der Waals surface area contributed by atoms with Crippen molar-refractivity contribution in [3.05, 3.63) is 56.8 Å². The minimum Gasteiger partial charge on any atom is -0.464 e. The summed E-state index contributed by atoms with van der Waals surface area (Å²) in [5.74, 6) is 5.49. The lowest BCUT2D eigenvalue weighted by molar-refractivity contribution is 0.602. The Kier molecular flexibility index (Phi) is 3.10. The Morgan fingerprint density at radius 2 is 2.29 bits per heavy atom. The number of azide groups is 1. The Balaban J connectivity index is 2.43. The highest BCUT2D eigenvalue weighted by molar-refractivity contribution is 5.77. The Bertz CT molecular complexity index is 716. The highest BCUT2D eigenvalue weighted by atomic mass is 16.3. The summed E-state index contributed by atoms with van der Waals surface area (Å²) < 4.78 is 5.18. The average molecular weight is 225 g/mol. The molecule has 0 amide bonds. The van der Waals surface area contributed by atoms with Crippen LogP contribution >= 0.6 is 0 Å². The van der Waals surface area contributed by atoms with Gasteiger partial charge in [0.05, 0.1) is 18.2 Å². The van der Waals surface area contributed by atoms with Crippen molar-refractivity contribution in [2.45, 2.75) is 0 Å². The van der Waals surface area contributed by atoms with Crippen LogP contribution in [0.1, 0.15) is 5.56 Å². The molecule has 0 N–H and O–H groups in total. The average Bonchev–Trinajstić information content (AvgIpc) is 2.36. The number of rotatable bonds is 1. The van der Waals surface area contributed by atoms with E-state index in [4.69, 9.17) is 9.95 Å². The predicted molar refractivity (Wildman–Crippen MR) is 63.4 cm³/mol. The number of hydrogen-bond acceptors (Lipinski definition) is 3. The third-order valence-corrected chi connectivity index (χ3v) is 2.11. The summed E-state index contributed by atoms with van der Waals surface area (Å²) in [5.41, 5.74) is 9.18. The Morgan fingerprint density at radius 1 is 1.41 bits per heavy atom. The maximum atomic E-state index is 11.5. The van der Waals surface area contributed by atoms with E-state index >= 15 is 0 Å². The lowest BCUT2D eigenvalue weighted by Crippen LogP contribution is -1.97. The van der Waals surface area contributed by atoms with Crippen LogP contribution in [0.25, 0.3) is 21.4 Å². The molecule has 1 aromatic heterocycles. The SMILES string of the molecule is [N-]=[N+]=NCC#Cc1ccc2occc(=O)c2c1. The molecule has 1 heterocycles. The molecule has 0 aliphatic rings. The van der Waals surface area contributed by atoms with Gasteiger partial charge in [0, 0.05) is 16.5 Å². The summed E-state index contributed by atoms with van der Waals surface area (Å²) in [6.45, 7) is 0.109. The van der Waals surface area contributed by atoms with E-state index in [2.05, 4.69) is 21.9 Å². The van der Waals surface area contributed by atoms with E-state index in [0.717, 1.165) is 0 Å². The Morgan fingerprint density at radius 3 is 3.12 bits per heavy atom. The van der Waals surface area contributed by atoms with Crippen molar-refractivity contribution >= 4 is 11.0 Å². The third-order valence-electron chi connectivity index (χ3n) is 2.11. The van der Waals surface area contributed by atoms with Crippen molar-refractivity contribution < 1.29 is 4.42 Å². The van der Waals surface area contributed by atoms with Gasteiger partial charge in [-0.2, -0.15) is 0 Å². The minimum absolute atomic E-state index is 0.107. The second-order valence-electron chi connectivity index (χ2n) is 3.19. The maximum Gasteiger partial charge on any atom is 0.192 e. The molecule has 1 aromatic carbocycles. The first-order valence-corrected chi connectivity index (χ1v) is 4.82. The molecule has 5 heteroatoms. The fraction of sp³-hybridized carbons (Fsp3) is 0.0833. The first-order valence-electron chi connectivity index (χ1n) is 4.82. The van der Waals surface area contributed by atoms with Gasteiger partial charge in [-0.1, -0.05) is 17.0 Å². The third kappa shape index (κ3) is 2.46. The highest BCUT2D eigenvalue weighted by Gasteiger charge is 1.99. The van der Waals surface area contributed by atoms with Crippen LogP contribution in [-0.2, 0) is 0 Å². The van der Waals surface area contributed by atoms with Crippen LogP contribution in [0.2, 0.25) is 0 Å². The van der Waals surface area contributed by atoms with Gasteiger partial charge in [-0.15, -0.1) is 0 Å². The fourth-order valence-electron chi connectivity index (χ4n) is 1.37. The number of hydrogen-bond donors (Lipinski definition) is 0. The lowest BCUT2D eigenvalue weighted by Gasteiger charge is -1.95. The molecule has 17 heavy (non-hydrogen) atoms. The van der Waals surface area contributed by atoms with E-state index in [9.17, 15) is 4.79 Å². The number of benzene rings is 1. The van der Waals surface area contributed by atoms with Gasteiger partial charge >= 0.3 is 0 Å². The van der Waals surface area contributed by atoms with Gasteiger partial charge in [-0.3, -0.25) is 4.79 Å². The highest BCUT2D eigenvalue weighted by Crippen LogP contribution is 2.11. The van der Waals surface area contributed by atoms with Gasteiger partial charge < -0.3 is 4.42 Å². The van der Waals surface area contributed by atoms with Crippen LogP contribution < -0.4 is 5.43 Å². The summed E-state index contributed by atoms with van der Waals surface area (Å²) in [6.07, 6.45) is 1.36. The van der Waals surface area contributed by atoms with Gasteiger partial charge in [-0.25, -0.2) is 0 Å². The van der Waals surface area contributed by atoms with Gasteiger partial charge in [0.25, 0.3) is 0 Å². The Hall–Kier alpha value is -2.70. The van der Waals surface area contributed by atoms with Crippen LogP contribution in [0.4, 0.5) is 0 Å². The van der Waals surface area contributed by atoms with E-state index in [1.165, 1.54) is 12.3 Å². The molecule has 0 fully saturated rings. The predicted octanol–water partition coefficient (Wildman–Crippen LogP) is 2.45. The molecule has 0 atom stereocenters. The zero-order chi connectivity index (χ0) is 12.1. The molecular formula is C12H7N3O2. The zero-order valence-electron chi connectivity index (χ0n) is 8.75. The summed E-state index contributed by atoms with van der Waals surface area (Å²) in [4.78, 5) is 14.1. The van der Waals surface area contributed by atoms with Crippen LogP contribution in [0.3, 0.4) is 0 Å². The molecule has 0 aliphatic heterocycles. The van der Waals surface area contributed by atoms with Crippen LogP contribution in [0.15, 0.2) is 44.9 Å². The molecular weight excluding hydrogens is 218 g/mol. The quantitative estimate of drug-likeness (QED) is 0.323. The monoisotopic (exact) mass is 225 g/mol.